The molecule has 0 radical (unpaired) electrons. The van der Waals surface area contributed by atoms with Crippen LogP contribution in [0.25, 0.3) is 0 Å². The van der Waals surface area contributed by atoms with Crippen LogP contribution in [0.4, 0.5) is 0 Å². The van der Waals surface area contributed by atoms with Gasteiger partial charge in [-0.3, -0.25) is 0 Å². The molecule has 0 amide bonds. The molecule has 2 aliphatic carbocycles. The molecule has 4 unspecified atom stereocenters. The Bertz CT molecular complexity index is 291. The van der Waals surface area contributed by atoms with Crippen LogP contribution in [0.2, 0.25) is 0 Å². The van der Waals surface area contributed by atoms with E-state index in [1.807, 2.05) is 0 Å². The van der Waals surface area contributed by atoms with Gasteiger partial charge in [0.05, 0.1) is 0 Å². The predicted octanol–water partition coefficient (Wildman–Crippen LogP) is 4.58. The molecule has 0 heterocycles. The third-order valence-corrected chi connectivity index (χ3v) is 4.33. The molecular weight excluding hydrogens is 180 g/mol. The van der Waals surface area contributed by atoms with Gasteiger partial charge in [-0.15, -0.1) is 0 Å². The minimum absolute atomic E-state index is 0.864. The molecule has 0 N–H and O–H groups in total. The lowest BCUT2D eigenvalue weighted by Crippen LogP contribution is -2.24. The third-order valence-electron chi connectivity index (χ3n) is 4.33. The van der Waals surface area contributed by atoms with Crippen molar-refractivity contribution >= 4 is 0 Å². The van der Waals surface area contributed by atoms with Gasteiger partial charge in [0.15, 0.2) is 0 Å². The van der Waals surface area contributed by atoms with E-state index >= 15 is 0 Å². The summed E-state index contributed by atoms with van der Waals surface area (Å²) in [4.78, 5) is 0. The number of fused-ring (bicyclic) bond motifs is 1. The minimum Gasteiger partial charge on any atom is -0.0807 e. The minimum atomic E-state index is 0.864. The van der Waals surface area contributed by atoms with Gasteiger partial charge in [-0.25, -0.2) is 0 Å². The number of allylic oxidation sites excluding steroid dienone is 4. The highest BCUT2D eigenvalue weighted by atomic mass is 14.4. The molecule has 0 aromatic rings. The number of hydrogen-bond acceptors (Lipinski definition) is 0. The molecule has 0 bridgehead atoms. The maximum absolute atomic E-state index is 2.50. The summed E-state index contributed by atoms with van der Waals surface area (Å²) in [5, 5.41) is 0. The molecule has 0 aromatic carbocycles. The normalized spacial score (nSPS) is 39.6. The van der Waals surface area contributed by atoms with Gasteiger partial charge in [-0.1, -0.05) is 31.6 Å². The highest BCUT2D eigenvalue weighted by Crippen LogP contribution is 2.49. The lowest BCUT2D eigenvalue weighted by atomic mass is 9.72. The summed E-state index contributed by atoms with van der Waals surface area (Å²) in [6, 6.07) is 0. The number of rotatable bonds is 1. The fraction of sp³-hybridized carbons (Fsp3) is 0.733. The van der Waals surface area contributed by atoms with Crippen molar-refractivity contribution in [3.8, 4) is 0 Å². The largest absolute Gasteiger partial charge is 0.0807 e. The molecule has 0 aromatic heterocycles. The monoisotopic (exact) mass is 204 g/mol. The highest BCUT2D eigenvalue weighted by molar-refractivity contribution is 5.29. The second kappa shape index (κ2) is 4.15. The molecule has 0 spiro atoms. The van der Waals surface area contributed by atoms with E-state index in [0.717, 1.165) is 23.7 Å². The first-order valence-electron chi connectivity index (χ1n) is 6.44. The maximum atomic E-state index is 2.50. The smallest absolute Gasteiger partial charge is 0.0108 e. The van der Waals surface area contributed by atoms with Crippen molar-refractivity contribution in [3.05, 3.63) is 23.3 Å². The van der Waals surface area contributed by atoms with Crippen LogP contribution in [0.1, 0.15) is 47.0 Å². The molecule has 0 aliphatic heterocycles. The Morgan fingerprint density at radius 3 is 2.60 bits per heavy atom. The average Bonchev–Trinajstić information content (AvgIpc) is 2.54. The second-order valence-electron chi connectivity index (χ2n) is 5.88. The predicted molar refractivity (Wildman–Crippen MR) is 66.7 cm³/mol. The van der Waals surface area contributed by atoms with E-state index in [1.54, 1.807) is 5.57 Å². The Morgan fingerprint density at radius 1 is 1.20 bits per heavy atom. The van der Waals surface area contributed by atoms with Crippen molar-refractivity contribution in [1.82, 2.24) is 0 Å². The van der Waals surface area contributed by atoms with Crippen molar-refractivity contribution in [3.63, 3.8) is 0 Å². The van der Waals surface area contributed by atoms with Crippen LogP contribution >= 0.6 is 0 Å². The molecule has 0 nitrogen and oxygen atoms in total. The van der Waals surface area contributed by atoms with Gasteiger partial charge in [0.25, 0.3) is 0 Å². The van der Waals surface area contributed by atoms with Crippen molar-refractivity contribution in [1.29, 1.82) is 0 Å². The van der Waals surface area contributed by atoms with Crippen LogP contribution in [0, 0.1) is 23.7 Å². The zero-order valence-corrected chi connectivity index (χ0v) is 10.6. The molecule has 84 valence electrons. The van der Waals surface area contributed by atoms with Crippen LogP contribution in [-0.2, 0) is 0 Å². The second-order valence-corrected chi connectivity index (χ2v) is 5.88. The lowest BCUT2D eigenvalue weighted by Gasteiger charge is -2.33. The topological polar surface area (TPSA) is 0 Å². The first kappa shape index (κ1) is 11.0. The third kappa shape index (κ3) is 2.04. The van der Waals surface area contributed by atoms with E-state index < -0.39 is 0 Å². The van der Waals surface area contributed by atoms with Crippen LogP contribution in [0.5, 0.6) is 0 Å². The van der Waals surface area contributed by atoms with Crippen molar-refractivity contribution in [2.24, 2.45) is 23.7 Å². The van der Waals surface area contributed by atoms with Gasteiger partial charge in [-0.05, 0) is 62.4 Å². The highest BCUT2D eigenvalue weighted by Gasteiger charge is 2.39. The van der Waals surface area contributed by atoms with Gasteiger partial charge in [0.2, 0.25) is 0 Å². The van der Waals surface area contributed by atoms with E-state index in [2.05, 4.69) is 39.8 Å². The average molecular weight is 204 g/mol. The molecule has 2 aliphatic rings. The maximum Gasteiger partial charge on any atom is -0.0108 e. The zero-order chi connectivity index (χ0) is 11.0. The van der Waals surface area contributed by atoms with Crippen LogP contribution < -0.4 is 0 Å². The molecule has 15 heavy (non-hydrogen) atoms. The Labute approximate surface area is 94.5 Å². The molecule has 4 atom stereocenters. The summed E-state index contributed by atoms with van der Waals surface area (Å²) in [6.45, 7) is 9.31. The molecule has 0 heteroatoms. The van der Waals surface area contributed by atoms with Gasteiger partial charge in [0.1, 0.15) is 0 Å². The van der Waals surface area contributed by atoms with E-state index in [1.165, 1.54) is 24.8 Å². The van der Waals surface area contributed by atoms with E-state index in [9.17, 15) is 0 Å². The summed E-state index contributed by atoms with van der Waals surface area (Å²) >= 11 is 0. The molecular formula is C15H24. The summed E-state index contributed by atoms with van der Waals surface area (Å²) in [6.07, 6.45) is 9.12. The SMILES string of the molecule is CC(C)=CC1=CCC(C)C2CCC(C)C12. The molecule has 1 fully saturated rings. The summed E-state index contributed by atoms with van der Waals surface area (Å²) in [5.74, 6) is 3.65. The van der Waals surface area contributed by atoms with E-state index in [0.29, 0.717) is 0 Å². The lowest BCUT2D eigenvalue weighted by molar-refractivity contribution is 0.268. The first-order valence-corrected chi connectivity index (χ1v) is 6.44. The fourth-order valence-corrected chi connectivity index (χ4v) is 3.57. The zero-order valence-electron chi connectivity index (χ0n) is 10.6. The first-order chi connectivity index (χ1) is 7.09. The van der Waals surface area contributed by atoms with Crippen molar-refractivity contribution in [2.45, 2.75) is 47.0 Å². The van der Waals surface area contributed by atoms with Gasteiger partial charge >= 0.3 is 0 Å². The van der Waals surface area contributed by atoms with Crippen LogP contribution in [-0.4, -0.2) is 0 Å². The van der Waals surface area contributed by atoms with Gasteiger partial charge in [-0.2, -0.15) is 0 Å². The Balaban J connectivity index is 2.27. The molecule has 2 rings (SSSR count). The van der Waals surface area contributed by atoms with Gasteiger partial charge < -0.3 is 0 Å². The Hall–Kier alpha value is -0.520. The van der Waals surface area contributed by atoms with Gasteiger partial charge in [0, 0.05) is 0 Å². The summed E-state index contributed by atoms with van der Waals surface area (Å²) in [7, 11) is 0. The van der Waals surface area contributed by atoms with Crippen molar-refractivity contribution < 1.29 is 0 Å². The van der Waals surface area contributed by atoms with Crippen molar-refractivity contribution in [2.75, 3.05) is 0 Å². The van der Waals surface area contributed by atoms with Crippen LogP contribution in [0.3, 0.4) is 0 Å². The number of hydrogen-bond donors (Lipinski definition) is 0. The Kier molecular flexibility index (Phi) is 3.04. The fourth-order valence-electron chi connectivity index (χ4n) is 3.57. The molecule has 1 saturated carbocycles. The summed E-state index contributed by atoms with van der Waals surface area (Å²) in [5.41, 5.74) is 3.09. The molecule has 0 saturated heterocycles. The van der Waals surface area contributed by atoms with Crippen LogP contribution in [0.15, 0.2) is 23.3 Å². The Morgan fingerprint density at radius 2 is 1.93 bits per heavy atom. The quantitative estimate of drug-likeness (QED) is 0.586. The summed E-state index contributed by atoms with van der Waals surface area (Å²) < 4.78 is 0. The standard InChI is InChI=1S/C15H24/c1-10(2)9-13-7-5-11(3)14-8-6-12(4)15(13)14/h7,9,11-12,14-15H,5-6,8H2,1-4H3. The van der Waals surface area contributed by atoms with E-state index in [-0.39, 0.29) is 0 Å². The van der Waals surface area contributed by atoms with E-state index in [4.69, 9.17) is 0 Å².